The standard InChI is InChI=1S/C6H8N2O2/c9-5-1-2-6(10)8(5)4-3-7-4/h1-2,4-5,7,9H,3H2. The summed E-state index contributed by atoms with van der Waals surface area (Å²) in [6.45, 7) is 0.796. The molecular weight excluding hydrogens is 132 g/mol. The van der Waals surface area contributed by atoms with Gasteiger partial charge in [0, 0.05) is 12.6 Å². The van der Waals surface area contributed by atoms with E-state index >= 15 is 0 Å². The molecule has 4 heteroatoms. The lowest BCUT2D eigenvalue weighted by Gasteiger charge is -2.17. The van der Waals surface area contributed by atoms with Crippen molar-refractivity contribution < 1.29 is 9.90 Å². The molecule has 2 aliphatic rings. The summed E-state index contributed by atoms with van der Waals surface area (Å²) in [5.41, 5.74) is 0. The number of rotatable bonds is 1. The molecule has 0 aromatic rings. The van der Waals surface area contributed by atoms with E-state index in [1.54, 1.807) is 0 Å². The van der Waals surface area contributed by atoms with Crippen molar-refractivity contribution in [3.05, 3.63) is 12.2 Å². The van der Waals surface area contributed by atoms with Crippen molar-refractivity contribution in [1.82, 2.24) is 10.2 Å². The van der Waals surface area contributed by atoms with Gasteiger partial charge in [-0.1, -0.05) is 0 Å². The zero-order valence-corrected chi connectivity index (χ0v) is 5.32. The topological polar surface area (TPSA) is 62.5 Å². The van der Waals surface area contributed by atoms with E-state index in [2.05, 4.69) is 5.32 Å². The molecule has 1 amide bonds. The second kappa shape index (κ2) is 1.81. The smallest absolute Gasteiger partial charge is 0.249 e. The van der Waals surface area contributed by atoms with Crippen LogP contribution in [-0.2, 0) is 4.79 Å². The predicted octanol–water partition coefficient (Wildman–Crippen LogP) is -1.37. The summed E-state index contributed by atoms with van der Waals surface area (Å²) in [5.74, 6) is -0.109. The van der Waals surface area contributed by atoms with Gasteiger partial charge in [0.1, 0.15) is 0 Å². The Kier molecular flexibility index (Phi) is 1.06. The van der Waals surface area contributed by atoms with Gasteiger partial charge in [0.25, 0.3) is 0 Å². The fourth-order valence-electron chi connectivity index (χ4n) is 1.06. The Morgan fingerprint density at radius 2 is 2.50 bits per heavy atom. The highest BCUT2D eigenvalue weighted by atomic mass is 16.3. The largest absolute Gasteiger partial charge is 0.370 e. The van der Waals surface area contributed by atoms with E-state index in [0.29, 0.717) is 0 Å². The van der Waals surface area contributed by atoms with E-state index in [4.69, 9.17) is 5.11 Å². The molecule has 54 valence electrons. The van der Waals surface area contributed by atoms with Crippen LogP contribution in [0.25, 0.3) is 0 Å². The average Bonchev–Trinajstić information content (AvgIpc) is 2.64. The normalized spacial score (nSPS) is 37.3. The van der Waals surface area contributed by atoms with Gasteiger partial charge in [-0.3, -0.25) is 15.0 Å². The molecule has 0 bridgehead atoms. The zero-order valence-electron chi connectivity index (χ0n) is 5.32. The Morgan fingerprint density at radius 1 is 1.80 bits per heavy atom. The van der Waals surface area contributed by atoms with Crippen molar-refractivity contribution >= 4 is 5.91 Å². The molecule has 2 rings (SSSR count). The van der Waals surface area contributed by atoms with Crippen molar-refractivity contribution in [1.29, 1.82) is 0 Å². The maximum atomic E-state index is 10.9. The van der Waals surface area contributed by atoms with E-state index in [0.717, 1.165) is 6.54 Å². The second-order valence-corrected chi connectivity index (χ2v) is 2.44. The molecule has 2 atom stereocenters. The monoisotopic (exact) mass is 140 g/mol. The highest BCUT2D eigenvalue weighted by Gasteiger charge is 2.37. The van der Waals surface area contributed by atoms with Crippen molar-refractivity contribution in [2.75, 3.05) is 6.54 Å². The number of nitrogens with one attached hydrogen (secondary N) is 1. The third-order valence-corrected chi connectivity index (χ3v) is 1.67. The minimum atomic E-state index is -0.715. The highest BCUT2D eigenvalue weighted by molar-refractivity contribution is 5.90. The number of carbonyl (C=O) groups excluding carboxylic acids is 1. The molecule has 0 aliphatic carbocycles. The quantitative estimate of drug-likeness (QED) is 0.442. The van der Waals surface area contributed by atoms with Crippen molar-refractivity contribution in [3.8, 4) is 0 Å². The molecule has 2 N–H and O–H groups in total. The maximum Gasteiger partial charge on any atom is 0.249 e. The number of nitrogens with zero attached hydrogens (tertiary/aromatic N) is 1. The first-order valence-corrected chi connectivity index (χ1v) is 3.21. The average molecular weight is 140 g/mol. The van der Waals surface area contributed by atoms with Gasteiger partial charge in [-0.15, -0.1) is 0 Å². The van der Waals surface area contributed by atoms with E-state index in [9.17, 15) is 4.79 Å². The minimum Gasteiger partial charge on any atom is -0.370 e. The molecule has 0 spiro atoms. The Balaban J connectivity index is 2.13. The number of hydrogen-bond donors (Lipinski definition) is 2. The van der Waals surface area contributed by atoms with Crippen molar-refractivity contribution in [2.45, 2.75) is 12.4 Å². The number of hydrogen-bond acceptors (Lipinski definition) is 3. The van der Waals surface area contributed by atoms with Crippen LogP contribution in [-0.4, -0.2) is 34.9 Å². The van der Waals surface area contributed by atoms with Gasteiger partial charge in [-0.25, -0.2) is 0 Å². The van der Waals surface area contributed by atoms with Crippen molar-refractivity contribution in [3.63, 3.8) is 0 Å². The number of carbonyl (C=O) groups is 1. The molecule has 0 aromatic carbocycles. The Labute approximate surface area is 58.1 Å². The first-order valence-electron chi connectivity index (χ1n) is 3.21. The first kappa shape index (κ1) is 5.88. The number of aliphatic hydroxyl groups excluding tert-OH is 1. The Bertz CT molecular complexity index is 198. The molecular formula is C6H8N2O2. The van der Waals surface area contributed by atoms with Gasteiger partial charge >= 0.3 is 0 Å². The molecule has 0 radical (unpaired) electrons. The van der Waals surface area contributed by atoms with E-state index < -0.39 is 6.23 Å². The van der Waals surface area contributed by atoms with Crippen LogP contribution in [0.5, 0.6) is 0 Å². The molecule has 10 heavy (non-hydrogen) atoms. The second-order valence-electron chi connectivity index (χ2n) is 2.44. The number of amides is 1. The summed E-state index contributed by atoms with van der Waals surface area (Å²) < 4.78 is 0. The van der Waals surface area contributed by atoms with Crippen LogP contribution in [0.3, 0.4) is 0 Å². The summed E-state index contributed by atoms with van der Waals surface area (Å²) in [6.07, 6.45) is 2.23. The lowest BCUT2D eigenvalue weighted by molar-refractivity contribution is -0.131. The minimum absolute atomic E-state index is 0.0671. The lowest BCUT2D eigenvalue weighted by atomic mass is 10.5. The fourth-order valence-corrected chi connectivity index (χ4v) is 1.06. The molecule has 2 unspecified atom stereocenters. The molecule has 0 aromatic heterocycles. The predicted molar refractivity (Wildman–Crippen MR) is 33.8 cm³/mol. The number of aliphatic hydroxyl groups is 1. The summed E-state index contributed by atoms with van der Waals surface area (Å²) in [6, 6.07) is 0. The van der Waals surface area contributed by atoms with Gasteiger partial charge in [0.2, 0.25) is 5.91 Å². The van der Waals surface area contributed by atoms with E-state index in [1.807, 2.05) is 0 Å². The molecule has 2 aliphatic heterocycles. The van der Waals surface area contributed by atoms with Gasteiger partial charge in [0.15, 0.2) is 6.23 Å². The molecule has 0 saturated carbocycles. The van der Waals surface area contributed by atoms with E-state index in [1.165, 1.54) is 17.1 Å². The summed E-state index contributed by atoms with van der Waals surface area (Å²) >= 11 is 0. The Morgan fingerprint density at radius 3 is 2.90 bits per heavy atom. The van der Waals surface area contributed by atoms with Gasteiger partial charge in [-0.05, 0) is 6.08 Å². The van der Waals surface area contributed by atoms with Gasteiger partial charge in [0.05, 0.1) is 6.17 Å². The fraction of sp³-hybridized carbons (Fsp3) is 0.500. The highest BCUT2D eigenvalue weighted by Crippen LogP contribution is 2.15. The van der Waals surface area contributed by atoms with E-state index in [-0.39, 0.29) is 12.1 Å². The summed E-state index contributed by atoms with van der Waals surface area (Å²) in [4.78, 5) is 12.3. The third kappa shape index (κ3) is 0.732. The van der Waals surface area contributed by atoms with Crippen LogP contribution in [0.1, 0.15) is 0 Å². The lowest BCUT2D eigenvalue weighted by Crippen LogP contribution is -2.37. The third-order valence-electron chi connectivity index (χ3n) is 1.67. The van der Waals surface area contributed by atoms with Crippen LogP contribution >= 0.6 is 0 Å². The van der Waals surface area contributed by atoms with Crippen LogP contribution < -0.4 is 5.32 Å². The summed E-state index contributed by atoms with van der Waals surface area (Å²) in [5, 5.41) is 12.1. The molecule has 1 saturated heterocycles. The molecule has 2 heterocycles. The zero-order chi connectivity index (χ0) is 7.14. The van der Waals surface area contributed by atoms with Crippen LogP contribution in [0.2, 0.25) is 0 Å². The maximum absolute atomic E-state index is 10.9. The van der Waals surface area contributed by atoms with Crippen molar-refractivity contribution in [2.24, 2.45) is 0 Å². The molecule has 1 fully saturated rings. The van der Waals surface area contributed by atoms with Crippen LogP contribution in [0.4, 0.5) is 0 Å². The SMILES string of the molecule is O=C1C=CC(O)N1C1CN1. The van der Waals surface area contributed by atoms with Crippen LogP contribution in [0.15, 0.2) is 12.2 Å². The molecule has 4 nitrogen and oxygen atoms in total. The first-order chi connectivity index (χ1) is 4.79. The van der Waals surface area contributed by atoms with Gasteiger partial charge in [-0.2, -0.15) is 0 Å². The van der Waals surface area contributed by atoms with Crippen LogP contribution in [0, 0.1) is 0 Å². The summed E-state index contributed by atoms with van der Waals surface area (Å²) in [7, 11) is 0. The van der Waals surface area contributed by atoms with Gasteiger partial charge < -0.3 is 5.11 Å². The Hall–Kier alpha value is -0.870.